The van der Waals surface area contributed by atoms with Gasteiger partial charge in [-0.1, -0.05) is 11.6 Å². The van der Waals surface area contributed by atoms with Crippen LogP contribution in [0, 0.1) is 0 Å². The van der Waals surface area contributed by atoms with E-state index in [1.807, 2.05) is 43.0 Å². The van der Waals surface area contributed by atoms with Crippen molar-refractivity contribution in [1.29, 1.82) is 0 Å². The molecule has 3 nitrogen and oxygen atoms in total. The smallest absolute Gasteiger partial charge is 0.223 e. The van der Waals surface area contributed by atoms with E-state index in [1.165, 1.54) is 0 Å². The molecule has 0 aromatic heterocycles. The van der Waals surface area contributed by atoms with Crippen LogP contribution >= 0.6 is 23.4 Å². The SMILES string of the molecule is C[C@@H]1CN(C(=O)CCSc2ccc(Cl)cc2)C[C@H](C)O1. The molecule has 1 aromatic rings. The van der Waals surface area contributed by atoms with E-state index in [4.69, 9.17) is 16.3 Å². The fraction of sp³-hybridized carbons (Fsp3) is 0.533. The minimum absolute atomic E-state index is 0.131. The minimum Gasteiger partial charge on any atom is -0.372 e. The molecule has 2 rings (SSSR count). The molecule has 1 amide bonds. The van der Waals surface area contributed by atoms with Crippen LogP contribution in [0.3, 0.4) is 0 Å². The van der Waals surface area contributed by atoms with Crippen LogP contribution in [-0.2, 0) is 9.53 Å². The number of ether oxygens (including phenoxy) is 1. The maximum absolute atomic E-state index is 12.2. The normalized spacial score (nSPS) is 22.9. The third-order valence-corrected chi connectivity index (χ3v) is 4.44. The Balaban J connectivity index is 1.76. The van der Waals surface area contributed by atoms with Gasteiger partial charge in [0, 0.05) is 35.2 Å². The molecule has 0 N–H and O–H groups in total. The van der Waals surface area contributed by atoms with Crippen LogP contribution in [0.15, 0.2) is 29.2 Å². The molecule has 110 valence electrons. The van der Waals surface area contributed by atoms with Gasteiger partial charge >= 0.3 is 0 Å². The van der Waals surface area contributed by atoms with E-state index < -0.39 is 0 Å². The van der Waals surface area contributed by atoms with Gasteiger partial charge in [-0.2, -0.15) is 0 Å². The number of amides is 1. The van der Waals surface area contributed by atoms with Crippen molar-refractivity contribution in [3.05, 3.63) is 29.3 Å². The summed E-state index contributed by atoms with van der Waals surface area (Å²) in [7, 11) is 0. The Labute approximate surface area is 129 Å². The summed E-state index contributed by atoms with van der Waals surface area (Å²) in [6.45, 7) is 5.43. The van der Waals surface area contributed by atoms with Gasteiger partial charge in [0.1, 0.15) is 0 Å². The third kappa shape index (κ3) is 4.69. The van der Waals surface area contributed by atoms with E-state index in [0.717, 1.165) is 15.7 Å². The highest BCUT2D eigenvalue weighted by atomic mass is 35.5. The van der Waals surface area contributed by atoms with Crippen molar-refractivity contribution in [2.45, 2.75) is 37.4 Å². The fourth-order valence-corrected chi connectivity index (χ4v) is 3.29. The predicted octanol–water partition coefficient (Wildman–Crippen LogP) is 3.46. The van der Waals surface area contributed by atoms with E-state index in [9.17, 15) is 4.79 Å². The highest BCUT2D eigenvalue weighted by Crippen LogP contribution is 2.21. The largest absolute Gasteiger partial charge is 0.372 e. The average Bonchev–Trinajstić information content (AvgIpc) is 2.40. The first kappa shape index (κ1) is 15.7. The van der Waals surface area contributed by atoms with Crippen molar-refractivity contribution < 1.29 is 9.53 Å². The molecule has 0 saturated carbocycles. The lowest BCUT2D eigenvalue weighted by atomic mass is 10.2. The number of halogens is 1. The molecule has 5 heteroatoms. The van der Waals surface area contributed by atoms with Crippen molar-refractivity contribution in [3.8, 4) is 0 Å². The number of hydrogen-bond acceptors (Lipinski definition) is 3. The number of carbonyl (C=O) groups excluding carboxylic acids is 1. The number of morpholine rings is 1. The summed E-state index contributed by atoms with van der Waals surface area (Å²) in [6, 6.07) is 7.71. The molecule has 0 unspecified atom stereocenters. The van der Waals surface area contributed by atoms with Crippen molar-refractivity contribution in [2.75, 3.05) is 18.8 Å². The van der Waals surface area contributed by atoms with Crippen LogP contribution in [0.5, 0.6) is 0 Å². The fourth-order valence-electron chi connectivity index (χ4n) is 2.33. The van der Waals surface area contributed by atoms with Crippen LogP contribution in [0.25, 0.3) is 0 Å². The van der Waals surface area contributed by atoms with Gasteiger partial charge in [0.15, 0.2) is 0 Å². The predicted molar refractivity (Wildman–Crippen MR) is 83.4 cm³/mol. The topological polar surface area (TPSA) is 29.5 Å². The molecular formula is C15H20ClNO2S. The number of carbonyl (C=O) groups is 1. The van der Waals surface area contributed by atoms with Gasteiger partial charge in [-0.3, -0.25) is 4.79 Å². The lowest BCUT2D eigenvalue weighted by Gasteiger charge is -2.35. The Morgan fingerprint density at radius 2 is 1.90 bits per heavy atom. The molecular weight excluding hydrogens is 294 g/mol. The highest BCUT2D eigenvalue weighted by Gasteiger charge is 2.25. The van der Waals surface area contributed by atoms with Gasteiger partial charge in [0.2, 0.25) is 5.91 Å². The summed E-state index contributed by atoms with van der Waals surface area (Å²) < 4.78 is 5.64. The first-order valence-electron chi connectivity index (χ1n) is 6.86. The molecule has 20 heavy (non-hydrogen) atoms. The summed E-state index contributed by atoms with van der Waals surface area (Å²) in [6.07, 6.45) is 0.824. The molecule has 0 radical (unpaired) electrons. The number of benzene rings is 1. The lowest BCUT2D eigenvalue weighted by molar-refractivity contribution is -0.142. The quantitative estimate of drug-likeness (QED) is 0.797. The Bertz CT molecular complexity index is 442. The van der Waals surface area contributed by atoms with Gasteiger partial charge in [-0.15, -0.1) is 11.8 Å². The number of hydrogen-bond donors (Lipinski definition) is 0. The Kier molecular flexibility index (Phi) is 5.75. The second kappa shape index (κ2) is 7.34. The first-order valence-corrected chi connectivity index (χ1v) is 8.22. The van der Waals surface area contributed by atoms with E-state index >= 15 is 0 Å². The number of rotatable bonds is 4. The third-order valence-electron chi connectivity index (χ3n) is 3.17. The van der Waals surface area contributed by atoms with Crippen LogP contribution in [0.4, 0.5) is 0 Å². The Morgan fingerprint density at radius 3 is 2.50 bits per heavy atom. The molecule has 0 bridgehead atoms. The van der Waals surface area contributed by atoms with E-state index in [2.05, 4.69) is 0 Å². The van der Waals surface area contributed by atoms with Crippen LogP contribution < -0.4 is 0 Å². The number of nitrogens with zero attached hydrogens (tertiary/aromatic N) is 1. The first-order chi connectivity index (χ1) is 9.54. The maximum Gasteiger partial charge on any atom is 0.223 e. The van der Waals surface area contributed by atoms with Crippen molar-refractivity contribution in [1.82, 2.24) is 4.90 Å². The summed E-state index contributed by atoms with van der Waals surface area (Å²) >= 11 is 7.53. The molecule has 1 aliphatic rings. The molecule has 1 saturated heterocycles. The zero-order valence-corrected chi connectivity index (χ0v) is 13.4. The molecule has 1 heterocycles. The summed E-state index contributed by atoms with van der Waals surface area (Å²) in [5.74, 6) is 1.01. The second-order valence-electron chi connectivity index (χ2n) is 5.11. The molecule has 1 aliphatic heterocycles. The zero-order chi connectivity index (χ0) is 14.5. The van der Waals surface area contributed by atoms with Gasteiger partial charge in [0.05, 0.1) is 12.2 Å². The molecule has 2 atom stereocenters. The monoisotopic (exact) mass is 313 g/mol. The molecule has 1 fully saturated rings. The summed E-state index contributed by atoms with van der Waals surface area (Å²) in [5, 5.41) is 0.738. The average molecular weight is 314 g/mol. The van der Waals surface area contributed by atoms with Crippen LogP contribution in [-0.4, -0.2) is 41.9 Å². The summed E-state index contributed by atoms with van der Waals surface area (Å²) in [4.78, 5) is 15.2. The van der Waals surface area contributed by atoms with Crippen molar-refractivity contribution in [2.24, 2.45) is 0 Å². The second-order valence-corrected chi connectivity index (χ2v) is 6.71. The van der Waals surface area contributed by atoms with Gasteiger partial charge in [0.25, 0.3) is 0 Å². The maximum atomic E-state index is 12.2. The Morgan fingerprint density at radius 1 is 1.30 bits per heavy atom. The van der Waals surface area contributed by atoms with Crippen molar-refractivity contribution in [3.63, 3.8) is 0 Å². The molecule has 1 aromatic carbocycles. The van der Waals surface area contributed by atoms with Crippen LogP contribution in [0.2, 0.25) is 5.02 Å². The van der Waals surface area contributed by atoms with Gasteiger partial charge in [-0.25, -0.2) is 0 Å². The van der Waals surface area contributed by atoms with E-state index in [-0.39, 0.29) is 18.1 Å². The Hall–Kier alpha value is -0.710. The highest BCUT2D eigenvalue weighted by molar-refractivity contribution is 7.99. The van der Waals surface area contributed by atoms with Gasteiger partial charge < -0.3 is 9.64 Å². The zero-order valence-electron chi connectivity index (χ0n) is 11.8. The minimum atomic E-state index is 0.131. The van der Waals surface area contributed by atoms with Crippen molar-refractivity contribution >= 4 is 29.3 Å². The van der Waals surface area contributed by atoms with Gasteiger partial charge in [-0.05, 0) is 38.1 Å². The lowest BCUT2D eigenvalue weighted by Crippen LogP contribution is -2.48. The molecule has 0 aliphatic carbocycles. The van der Waals surface area contributed by atoms with E-state index in [0.29, 0.717) is 19.5 Å². The van der Waals surface area contributed by atoms with Crippen LogP contribution in [0.1, 0.15) is 20.3 Å². The van der Waals surface area contributed by atoms with E-state index in [1.54, 1.807) is 11.8 Å². The standard InChI is InChI=1S/C15H20ClNO2S/c1-11-9-17(10-12(2)19-11)15(18)7-8-20-14-5-3-13(16)4-6-14/h3-6,11-12H,7-10H2,1-2H3/t11-,12+. The molecule has 0 spiro atoms. The summed E-state index contributed by atoms with van der Waals surface area (Å²) in [5.41, 5.74) is 0. The number of thioether (sulfide) groups is 1.